The number of carbonyl (C=O) groups is 2. The van der Waals surface area contributed by atoms with E-state index in [-0.39, 0.29) is 30.6 Å². The summed E-state index contributed by atoms with van der Waals surface area (Å²) in [4.78, 5) is 26.2. The molecule has 0 saturated carbocycles. The standard InChI is InChI=1S/C22H23FN2O4/c1-28-19-11-16-7-9-25(22(27)13-17(16)12-20(19)29-2)14-21(26)24-8-6-15-4-3-5-18(23)10-15/h3-5,7,9-12H,6,8,13-14H2,1-2H3,(H,24,26). The highest BCUT2D eigenvalue weighted by molar-refractivity contribution is 5.89. The van der Waals surface area contributed by atoms with E-state index < -0.39 is 0 Å². The van der Waals surface area contributed by atoms with Gasteiger partial charge in [-0.25, -0.2) is 4.39 Å². The van der Waals surface area contributed by atoms with Crippen LogP contribution in [0.1, 0.15) is 16.7 Å². The third kappa shape index (κ3) is 5.13. The number of rotatable bonds is 7. The lowest BCUT2D eigenvalue weighted by molar-refractivity contribution is -0.132. The molecule has 0 atom stereocenters. The van der Waals surface area contributed by atoms with E-state index >= 15 is 0 Å². The first-order valence-corrected chi connectivity index (χ1v) is 9.24. The molecule has 0 aliphatic carbocycles. The van der Waals surface area contributed by atoms with E-state index in [0.29, 0.717) is 24.5 Å². The molecule has 1 N–H and O–H groups in total. The molecule has 0 bridgehead atoms. The number of hydrogen-bond acceptors (Lipinski definition) is 4. The lowest BCUT2D eigenvalue weighted by atomic mass is 10.0. The fourth-order valence-corrected chi connectivity index (χ4v) is 3.15. The maximum atomic E-state index is 13.2. The van der Waals surface area contributed by atoms with Gasteiger partial charge in [-0.15, -0.1) is 0 Å². The van der Waals surface area contributed by atoms with Gasteiger partial charge in [0.25, 0.3) is 0 Å². The molecule has 2 amide bonds. The van der Waals surface area contributed by atoms with Gasteiger partial charge in [0.05, 0.1) is 20.6 Å². The Bertz CT molecular complexity index is 942. The molecule has 0 spiro atoms. The Kier molecular flexibility index (Phi) is 6.49. The summed E-state index contributed by atoms with van der Waals surface area (Å²) in [6.45, 7) is 0.281. The second-order valence-corrected chi connectivity index (χ2v) is 6.65. The zero-order valence-electron chi connectivity index (χ0n) is 16.4. The predicted octanol–water partition coefficient (Wildman–Crippen LogP) is 2.56. The molecule has 0 unspecified atom stereocenters. The van der Waals surface area contributed by atoms with Gasteiger partial charge in [0.15, 0.2) is 11.5 Å². The summed E-state index contributed by atoms with van der Waals surface area (Å²) in [6.07, 6.45) is 4.05. The van der Waals surface area contributed by atoms with Crippen LogP contribution in [0.5, 0.6) is 11.5 Å². The minimum Gasteiger partial charge on any atom is -0.493 e. The predicted molar refractivity (Wildman–Crippen MR) is 107 cm³/mol. The van der Waals surface area contributed by atoms with Gasteiger partial charge in [0.1, 0.15) is 12.4 Å². The van der Waals surface area contributed by atoms with Crippen molar-refractivity contribution in [3.63, 3.8) is 0 Å². The van der Waals surface area contributed by atoms with E-state index in [1.165, 1.54) is 17.0 Å². The highest BCUT2D eigenvalue weighted by atomic mass is 19.1. The first kappa shape index (κ1) is 20.4. The Morgan fingerprint density at radius 2 is 1.93 bits per heavy atom. The van der Waals surface area contributed by atoms with Crippen molar-refractivity contribution in [2.24, 2.45) is 0 Å². The molecule has 1 heterocycles. The Labute approximate surface area is 168 Å². The smallest absolute Gasteiger partial charge is 0.240 e. The first-order chi connectivity index (χ1) is 14.0. The van der Waals surface area contributed by atoms with Gasteiger partial charge >= 0.3 is 0 Å². The minimum absolute atomic E-state index is 0.0826. The molecule has 0 aromatic heterocycles. The number of methoxy groups -OCH3 is 2. The van der Waals surface area contributed by atoms with Crippen molar-refractivity contribution in [2.45, 2.75) is 12.8 Å². The summed E-state index contributed by atoms with van der Waals surface area (Å²) in [6, 6.07) is 9.83. The van der Waals surface area contributed by atoms with Crippen LogP contribution in [-0.4, -0.2) is 44.0 Å². The number of amides is 2. The SMILES string of the molecule is COc1cc2c(cc1OC)CC(=O)N(CC(=O)NCCc1cccc(F)c1)C=C2. The zero-order chi connectivity index (χ0) is 20.8. The summed E-state index contributed by atoms with van der Waals surface area (Å²) in [5.74, 6) is 0.359. The summed E-state index contributed by atoms with van der Waals surface area (Å²) in [5.41, 5.74) is 2.44. The maximum absolute atomic E-state index is 13.2. The quantitative estimate of drug-likeness (QED) is 0.778. The molecule has 2 aromatic carbocycles. The van der Waals surface area contributed by atoms with Crippen molar-refractivity contribution in [3.05, 3.63) is 65.1 Å². The molecular formula is C22H23FN2O4. The third-order valence-corrected chi connectivity index (χ3v) is 4.68. The average molecular weight is 398 g/mol. The number of benzene rings is 2. The molecule has 152 valence electrons. The topological polar surface area (TPSA) is 67.9 Å². The van der Waals surface area contributed by atoms with Crippen molar-refractivity contribution in [1.29, 1.82) is 0 Å². The van der Waals surface area contributed by atoms with Crippen molar-refractivity contribution < 1.29 is 23.5 Å². The van der Waals surface area contributed by atoms with Gasteiger partial charge in [-0.05, 0) is 53.5 Å². The molecule has 29 heavy (non-hydrogen) atoms. The fourth-order valence-electron chi connectivity index (χ4n) is 3.15. The second-order valence-electron chi connectivity index (χ2n) is 6.65. The Hall–Kier alpha value is -3.35. The van der Waals surface area contributed by atoms with Crippen LogP contribution in [-0.2, 0) is 22.4 Å². The fraction of sp³-hybridized carbons (Fsp3) is 0.273. The number of hydrogen-bond donors (Lipinski definition) is 1. The van der Waals surface area contributed by atoms with Gasteiger partial charge in [-0.3, -0.25) is 9.59 Å². The average Bonchev–Trinajstić information content (AvgIpc) is 2.85. The van der Waals surface area contributed by atoms with Crippen LogP contribution in [0.2, 0.25) is 0 Å². The normalized spacial score (nSPS) is 12.9. The maximum Gasteiger partial charge on any atom is 0.240 e. The number of carbonyl (C=O) groups excluding carboxylic acids is 2. The number of halogens is 1. The molecule has 7 heteroatoms. The van der Waals surface area contributed by atoms with Crippen LogP contribution in [0.25, 0.3) is 6.08 Å². The number of fused-ring (bicyclic) bond motifs is 1. The molecule has 0 radical (unpaired) electrons. The summed E-state index contributed by atoms with van der Waals surface area (Å²) in [7, 11) is 3.09. The van der Waals surface area contributed by atoms with Gasteiger partial charge in [-0.2, -0.15) is 0 Å². The van der Waals surface area contributed by atoms with Crippen LogP contribution in [0.3, 0.4) is 0 Å². The molecule has 1 aliphatic heterocycles. The van der Waals surface area contributed by atoms with Crippen molar-refractivity contribution in [2.75, 3.05) is 27.3 Å². The molecule has 0 fully saturated rings. The van der Waals surface area contributed by atoms with Crippen molar-refractivity contribution in [3.8, 4) is 11.5 Å². The van der Waals surface area contributed by atoms with Crippen LogP contribution < -0.4 is 14.8 Å². The Balaban J connectivity index is 1.60. The third-order valence-electron chi connectivity index (χ3n) is 4.68. The van der Waals surface area contributed by atoms with E-state index in [1.807, 2.05) is 0 Å². The molecule has 1 aliphatic rings. The van der Waals surface area contributed by atoms with E-state index in [2.05, 4.69) is 5.32 Å². The lowest BCUT2D eigenvalue weighted by Gasteiger charge is -2.17. The van der Waals surface area contributed by atoms with Gasteiger partial charge in [-0.1, -0.05) is 12.1 Å². The molecule has 0 saturated heterocycles. The van der Waals surface area contributed by atoms with Crippen molar-refractivity contribution >= 4 is 17.9 Å². The second kappa shape index (κ2) is 9.23. The van der Waals surface area contributed by atoms with Gasteiger partial charge in [0.2, 0.25) is 11.8 Å². The summed E-state index contributed by atoms with van der Waals surface area (Å²) in [5, 5.41) is 2.77. The number of nitrogens with one attached hydrogen (secondary N) is 1. The van der Waals surface area contributed by atoms with E-state index in [1.54, 1.807) is 50.8 Å². The van der Waals surface area contributed by atoms with Gasteiger partial charge in [0, 0.05) is 12.7 Å². The van der Waals surface area contributed by atoms with Crippen LogP contribution in [0.15, 0.2) is 42.6 Å². The van der Waals surface area contributed by atoms with Crippen LogP contribution in [0, 0.1) is 5.82 Å². The van der Waals surface area contributed by atoms with E-state index in [9.17, 15) is 14.0 Å². The Morgan fingerprint density at radius 3 is 2.66 bits per heavy atom. The highest BCUT2D eigenvalue weighted by Crippen LogP contribution is 2.32. The molecule has 6 nitrogen and oxygen atoms in total. The Morgan fingerprint density at radius 1 is 1.17 bits per heavy atom. The largest absolute Gasteiger partial charge is 0.493 e. The zero-order valence-corrected chi connectivity index (χ0v) is 16.4. The van der Waals surface area contributed by atoms with E-state index in [0.717, 1.165) is 16.7 Å². The monoisotopic (exact) mass is 398 g/mol. The number of nitrogens with zero attached hydrogens (tertiary/aromatic N) is 1. The molecule has 2 aromatic rings. The minimum atomic E-state index is -0.304. The van der Waals surface area contributed by atoms with Crippen LogP contribution in [0.4, 0.5) is 4.39 Å². The van der Waals surface area contributed by atoms with Crippen LogP contribution >= 0.6 is 0 Å². The molecular weight excluding hydrogens is 375 g/mol. The lowest BCUT2D eigenvalue weighted by Crippen LogP contribution is -2.38. The summed E-state index contributed by atoms with van der Waals surface area (Å²) >= 11 is 0. The molecule has 3 rings (SSSR count). The summed E-state index contributed by atoms with van der Waals surface area (Å²) < 4.78 is 23.8. The number of ether oxygens (including phenoxy) is 2. The van der Waals surface area contributed by atoms with Gasteiger partial charge < -0.3 is 19.7 Å². The first-order valence-electron chi connectivity index (χ1n) is 9.24. The van der Waals surface area contributed by atoms with E-state index in [4.69, 9.17) is 9.47 Å². The van der Waals surface area contributed by atoms with Crippen molar-refractivity contribution in [1.82, 2.24) is 10.2 Å². The highest BCUT2D eigenvalue weighted by Gasteiger charge is 2.21.